The van der Waals surface area contributed by atoms with Gasteiger partial charge in [0.05, 0.1) is 11.9 Å². The molecule has 0 spiro atoms. The number of halogens is 1. The standard InChI is InChI=1S/C12H11BrN4/c1-8-10(13)3-4-12-15-11(7-17(8)12)9-5-14-16(2)6-9/h3-7H,1-2H3. The Morgan fingerprint density at radius 2 is 2.06 bits per heavy atom. The van der Waals surface area contributed by atoms with Crippen LogP contribution in [0.15, 0.2) is 35.2 Å². The van der Waals surface area contributed by atoms with Crippen molar-refractivity contribution in [2.45, 2.75) is 6.92 Å². The van der Waals surface area contributed by atoms with Crippen molar-refractivity contribution >= 4 is 21.6 Å². The summed E-state index contributed by atoms with van der Waals surface area (Å²) in [6, 6.07) is 4.02. The Bertz CT molecular complexity index is 696. The number of hydrogen-bond acceptors (Lipinski definition) is 2. The summed E-state index contributed by atoms with van der Waals surface area (Å²) in [5.74, 6) is 0. The summed E-state index contributed by atoms with van der Waals surface area (Å²) >= 11 is 3.52. The molecule has 0 radical (unpaired) electrons. The van der Waals surface area contributed by atoms with Crippen LogP contribution in [-0.4, -0.2) is 19.2 Å². The van der Waals surface area contributed by atoms with Crippen molar-refractivity contribution in [1.29, 1.82) is 0 Å². The quantitative estimate of drug-likeness (QED) is 0.691. The molecule has 0 atom stereocenters. The van der Waals surface area contributed by atoms with Crippen molar-refractivity contribution in [3.05, 3.63) is 40.9 Å². The van der Waals surface area contributed by atoms with Crippen molar-refractivity contribution in [2.24, 2.45) is 7.05 Å². The van der Waals surface area contributed by atoms with E-state index in [1.807, 2.05) is 37.8 Å². The molecule has 0 amide bonds. The fourth-order valence-corrected chi connectivity index (χ4v) is 2.18. The molecule has 0 aliphatic rings. The van der Waals surface area contributed by atoms with Crippen LogP contribution in [0.1, 0.15) is 5.69 Å². The minimum absolute atomic E-state index is 0.944. The Morgan fingerprint density at radius 1 is 1.24 bits per heavy atom. The summed E-state index contributed by atoms with van der Waals surface area (Å²) in [6.07, 6.45) is 5.82. The molecule has 3 heterocycles. The van der Waals surface area contributed by atoms with E-state index in [0.717, 1.165) is 27.1 Å². The zero-order valence-corrected chi connectivity index (χ0v) is 11.1. The number of rotatable bonds is 1. The fourth-order valence-electron chi connectivity index (χ4n) is 1.86. The van der Waals surface area contributed by atoms with Gasteiger partial charge in [-0.05, 0) is 35.0 Å². The van der Waals surface area contributed by atoms with Crippen molar-refractivity contribution in [3.8, 4) is 11.3 Å². The van der Waals surface area contributed by atoms with Gasteiger partial charge in [0.2, 0.25) is 0 Å². The molecule has 3 aromatic rings. The van der Waals surface area contributed by atoms with E-state index in [9.17, 15) is 0 Å². The maximum Gasteiger partial charge on any atom is 0.137 e. The monoisotopic (exact) mass is 290 g/mol. The molecule has 4 nitrogen and oxygen atoms in total. The van der Waals surface area contributed by atoms with Crippen LogP contribution in [0.2, 0.25) is 0 Å². The van der Waals surface area contributed by atoms with Gasteiger partial charge in [0.25, 0.3) is 0 Å². The lowest BCUT2D eigenvalue weighted by Crippen LogP contribution is -1.89. The third-order valence-electron chi connectivity index (χ3n) is 2.82. The van der Waals surface area contributed by atoms with Gasteiger partial charge in [-0.15, -0.1) is 0 Å². The van der Waals surface area contributed by atoms with Gasteiger partial charge in [0.15, 0.2) is 0 Å². The molecule has 0 bridgehead atoms. The molecule has 0 saturated carbocycles. The zero-order chi connectivity index (χ0) is 12.0. The summed E-state index contributed by atoms with van der Waals surface area (Å²) in [6.45, 7) is 2.06. The molecule has 0 saturated heterocycles. The van der Waals surface area contributed by atoms with Crippen LogP contribution in [0.3, 0.4) is 0 Å². The van der Waals surface area contributed by atoms with Gasteiger partial charge in [0.1, 0.15) is 5.65 Å². The lowest BCUT2D eigenvalue weighted by molar-refractivity contribution is 0.768. The second-order valence-corrected chi connectivity index (χ2v) is 4.88. The Labute approximate surface area is 107 Å². The molecule has 0 aromatic carbocycles. The number of pyridine rings is 1. The molecule has 17 heavy (non-hydrogen) atoms. The maximum atomic E-state index is 4.59. The van der Waals surface area contributed by atoms with Gasteiger partial charge in [-0.25, -0.2) is 4.98 Å². The average molecular weight is 291 g/mol. The Balaban J connectivity index is 2.23. The van der Waals surface area contributed by atoms with Crippen molar-refractivity contribution in [2.75, 3.05) is 0 Å². The number of nitrogens with zero attached hydrogens (tertiary/aromatic N) is 4. The van der Waals surface area contributed by atoms with Crippen LogP contribution in [0, 0.1) is 6.92 Å². The Morgan fingerprint density at radius 3 is 2.76 bits per heavy atom. The van der Waals surface area contributed by atoms with Crippen LogP contribution >= 0.6 is 15.9 Å². The largest absolute Gasteiger partial charge is 0.303 e. The molecule has 0 fully saturated rings. The van der Waals surface area contributed by atoms with E-state index in [0.29, 0.717) is 0 Å². The number of fused-ring (bicyclic) bond motifs is 1. The topological polar surface area (TPSA) is 35.1 Å². The second-order valence-electron chi connectivity index (χ2n) is 4.02. The number of aromatic nitrogens is 4. The van der Waals surface area contributed by atoms with Gasteiger partial charge in [-0.3, -0.25) is 4.68 Å². The van der Waals surface area contributed by atoms with E-state index in [1.54, 1.807) is 4.68 Å². The summed E-state index contributed by atoms with van der Waals surface area (Å²) in [5, 5.41) is 4.16. The van der Waals surface area contributed by atoms with Crippen LogP contribution in [0.25, 0.3) is 16.9 Å². The van der Waals surface area contributed by atoms with E-state index in [-0.39, 0.29) is 0 Å². The lowest BCUT2D eigenvalue weighted by Gasteiger charge is -2.00. The first-order chi connectivity index (χ1) is 8.15. The molecule has 0 unspecified atom stereocenters. The number of hydrogen-bond donors (Lipinski definition) is 0. The smallest absolute Gasteiger partial charge is 0.137 e. The minimum Gasteiger partial charge on any atom is -0.303 e. The first kappa shape index (κ1) is 10.5. The number of imidazole rings is 1. The predicted octanol–water partition coefficient (Wildman–Crippen LogP) is 2.81. The third kappa shape index (κ3) is 1.67. The van der Waals surface area contributed by atoms with Crippen molar-refractivity contribution in [1.82, 2.24) is 19.2 Å². The van der Waals surface area contributed by atoms with E-state index in [4.69, 9.17) is 0 Å². The van der Waals surface area contributed by atoms with Crippen LogP contribution in [0.5, 0.6) is 0 Å². The SMILES string of the molecule is Cc1c(Br)ccc2nc(-c3cnn(C)c3)cn12. The summed E-state index contributed by atoms with van der Waals surface area (Å²) in [4.78, 5) is 4.59. The van der Waals surface area contributed by atoms with Gasteiger partial charge < -0.3 is 4.40 Å². The van der Waals surface area contributed by atoms with Crippen LogP contribution in [0.4, 0.5) is 0 Å². The second kappa shape index (κ2) is 3.70. The molecule has 0 N–H and O–H groups in total. The molecule has 0 aliphatic carbocycles. The molecule has 86 valence electrons. The van der Waals surface area contributed by atoms with Gasteiger partial charge >= 0.3 is 0 Å². The lowest BCUT2D eigenvalue weighted by atomic mass is 10.3. The Kier molecular flexibility index (Phi) is 2.29. The first-order valence-electron chi connectivity index (χ1n) is 5.28. The summed E-state index contributed by atoms with van der Waals surface area (Å²) in [7, 11) is 1.90. The summed E-state index contributed by atoms with van der Waals surface area (Å²) in [5.41, 5.74) is 4.07. The average Bonchev–Trinajstić information content (AvgIpc) is 2.90. The normalized spacial score (nSPS) is 11.2. The highest BCUT2D eigenvalue weighted by molar-refractivity contribution is 9.10. The van der Waals surface area contributed by atoms with Crippen LogP contribution < -0.4 is 0 Å². The molecule has 5 heteroatoms. The van der Waals surface area contributed by atoms with E-state index in [1.165, 1.54) is 0 Å². The van der Waals surface area contributed by atoms with Crippen molar-refractivity contribution in [3.63, 3.8) is 0 Å². The molecule has 0 aliphatic heterocycles. The summed E-state index contributed by atoms with van der Waals surface area (Å²) < 4.78 is 4.94. The van der Waals surface area contributed by atoms with E-state index in [2.05, 4.69) is 37.3 Å². The molecule has 3 aromatic heterocycles. The van der Waals surface area contributed by atoms with Gasteiger partial charge in [-0.2, -0.15) is 5.10 Å². The van der Waals surface area contributed by atoms with Crippen molar-refractivity contribution < 1.29 is 0 Å². The van der Waals surface area contributed by atoms with Crippen LogP contribution in [-0.2, 0) is 7.05 Å². The maximum absolute atomic E-state index is 4.59. The zero-order valence-electron chi connectivity index (χ0n) is 9.55. The first-order valence-corrected chi connectivity index (χ1v) is 6.07. The van der Waals surface area contributed by atoms with Gasteiger partial charge in [0, 0.05) is 35.2 Å². The highest BCUT2D eigenvalue weighted by Crippen LogP contribution is 2.22. The highest BCUT2D eigenvalue weighted by Gasteiger charge is 2.08. The molecule has 3 rings (SSSR count). The van der Waals surface area contributed by atoms with E-state index >= 15 is 0 Å². The fraction of sp³-hybridized carbons (Fsp3) is 0.167. The van der Waals surface area contributed by atoms with Gasteiger partial charge in [-0.1, -0.05) is 0 Å². The molecular weight excluding hydrogens is 280 g/mol. The Hall–Kier alpha value is -1.62. The minimum atomic E-state index is 0.944. The number of aryl methyl sites for hydroxylation is 2. The predicted molar refractivity (Wildman–Crippen MR) is 69.8 cm³/mol. The molecular formula is C12H11BrN4. The van der Waals surface area contributed by atoms with E-state index < -0.39 is 0 Å². The highest BCUT2D eigenvalue weighted by atomic mass is 79.9. The third-order valence-corrected chi connectivity index (χ3v) is 3.66.